The van der Waals surface area contributed by atoms with Crippen molar-refractivity contribution in [2.75, 3.05) is 5.32 Å². The average Bonchev–Trinajstić information content (AvgIpc) is 2.68. The van der Waals surface area contributed by atoms with Crippen LogP contribution in [0, 0.1) is 11.6 Å². The zero-order valence-electron chi connectivity index (χ0n) is 8.95. The molecule has 2 aromatic rings. The van der Waals surface area contributed by atoms with Crippen molar-refractivity contribution < 1.29 is 13.6 Å². The van der Waals surface area contributed by atoms with Crippen molar-refractivity contribution in [3.8, 4) is 0 Å². The highest BCUT2D eigenvalue weighted by atomic mass is 19.2. The van der Waals surface area contributed by atoms with E-state index in [4.69, 9.17) is 0 Å². The van der Waals surface area contributed by atoms with Gasteiger partial charge in [0.2, 0.25) is 0 Å². The molecule has 0 aliphatic rings. The third-order valence-electron chi connectivity index (χ3n) is 2.14. The molecule has 0 aliphatic carbocycles. The van der Waals surface area contributed by atoms with Crippen LogP contribution in [0.5, 0.6) is 0 Å². The highest BCUT2D eigenvalue weighted by molar-refractivity contribution is 6.03. The van der Waals surface area contributed by atoms with Crippen molar-refractivity contribution in [1.82, 2.24) is 9.78 Å². The van der Waals surface area contributed by atoms with Crippen LogP contribution in [-0.4, -0.2) is 15.7 Å². The van der Waals surface area contributed by atoms with Gasteiger partial charge in [-0.15, -0.1) is 0 Å². The van der Waals surface area contributed by atoms with E-state index in [0.29, 0.717) is 5.82 Å². The summed E-state index contributed by atoms with van der Waals surface area (Å²) in [5, 5.41) is 6.40. The van der Waals surface area contributed by atoms with Gasteiger partial charge in [0, 0.05) is 24.9 Å². The number of aromatic nitrogens is 2. The second-order valence-corrected chi connectivity index (χ2v) is 3.46. The summed E-state index contributed by atoms with van der Waals surface area (Å²) in [5.74, 6) is -2.23. The number of amides is 1. The van der Waals surface area contributed by atoms with Gasteiger partial charge in [-0.1, -0.05) is 0 Å². The average molecular weight is 237 g/mol. The van der Waals surface area contributed by atoms with Crippen LogP contribution in [0.15, 0.2) is 30.5 Å². The summed E-state index contributed by atoms with van der Waals surface area (Å²) in [7, 11) is 1.70. The first-order chi connectivity index (χ1) is 8.06. The van der Waals surface area contributed by atoms with E-state index in [2.05, 4.69) is 10.4 Å². The molecule has 2 rings (SSSR count). The smallest absolute Gasteiger partial charge is 0.256 e. The predicted molar refractivity (Wildman–Crippen MR) is 57.5 cm³/mol. The van der Waals surface area contributed by atoms with Crippen LogP contribution in [-0.2, 0) is 7.05 Å². The van der Waals surface area contributed by atoms with E-state index in [-0.39, 0.29) is 5.56 Å². The predicted octanol–water partition coefficient (Wildman–Crippen LogP) is 1.95. The van der Waals surface area contributed by atoms with Gasteiger partial charge in [0.25, 0.3) is 5.91 Å². The van der Waals surface area contributed by atoms with E-state index in [1.165, 1.54) is 10.7 Å². The number of carbonyl (C=O) groups is 1. The van der Waals surface area contributed by atoms with Crippen molar-refractivity contribution in [1.29, 1.82) is 0 Å². The first-order valence-electron chi connectivity index (χ1n) is 4.82. The fourth-order valence-corrected chi connectivity index (χ4v) is 1.31. The number of nitrogens with one attached hydrogen (secondary N) is 1. The Morgan fingerprint density at radius 3 is 2.65 bits per heavy atom. The van der Waals surface area contributed by atoms with E-state index >= 15 is 0 Å². The molecule has 4 nitrogen and oxygen atoms in total. The lowest BCUT2D eigenvalue weighted by atomic mass is 10.2. The molecule has 0 radical (unpaired) electrons. The number of aryl methyl sites for hydroxylation is 1. The van der Waals surface area contributed by atoms with Crippen LogP contribution in [0.3, 0.4) is 0 Å². The van der Waals surface area contributed by atoms with Gasteiger partial charge < -0.3 is 5.32 Å². The lowest BCUT2D eigenvalue weighted by Gasteiger charge is -2.02. The largest absolute Gasteiger partial charge is 0.305 e. The molecule has 0 saturated carbocycles. The Labute approximate surface area is 95.9 Å². The lowest BCUT2D eigenvalue weighted by molar-refractivity contribution is 0.102. The van der Waals surface area contributed by atoms with Gasteiger partial charge >= 0.3 is 0 Å². The van der Waals surface area contributed by atoms with Crippen LogP contribution < -0.4 is 5.32 Å². The first kappa shape index (κ1) is 11.3. The molecule has 0 atom stereocenters. The maximum absolute atomic E-state index is 12.9. The number of carbonyl (C=O) groups excluding carboxylic acids is 1. The van der Waals surface area contributed by atoms with Crippen LogP contribution in [0.4, 0.5) is 14.6 Å². The van der Waals surface area contributed by atoms with Crippen molar-refractivity contribution in [2.45, 2.75) is 0 Å². The number of benzene rings is 1. The summed E-state index contributed by atoms with van der Waals surface area (Å²) in [5.41, 5.74) is 0.0366. The fourth-order valence-electron chi connectivity index (χ4n) is 1.31. The molecule has 0 unspecified atom stereocenters. The van der Waals surface area contributed by atoms with Gasteiger partial charge in [-0.2, -0.15) is 5.10 Å². The molecule has 1 heterocycles. The van der Waals surface area contributed by atoms with Crippen molar-refractivity contribution in [3.63, 3.8) is 0 Å². The Kier molecular flexibility index (Phi) is 2.86. The Morgan fingerprint density at radius 2 is 2.06 bits per heavy atom. The molecule has 0 bridgehead atoms. The number of halogens is 2. The molecule has 0 aliphatic heterocycles. The van der Waals surface area contributed by atoms with Crippen molar-refractivity contribution in [3.05, 3.63) is 47.7 Å². The van der Waals surface area contributed by atoms with Crippen molar-refractivity contribution in [2.24, 2.45) is 7.05 Å². The molecule has 1 amide bonds. The fraction of sp³-hybridized carbons (Fsp3) is 0.0909. The molecule has 1 aromatic carbocycles. The molecule has 0 saturated heterocycles. The van der Waals surface area contributed by atoms with Crippen molar-refractivity contribution >= 4 is 11.7 Å². The SMILES string of the molecule is Cn1ccc(NC(=O)c2ccc(F)c(F)c2)n1. The second kappa shape index (κ2) is 4.32. The van der Waals surface area contributed by atoms with Gasteiger partial charge in [0.1, 0.15) is 0 Å². The van der Waals surface area contributed by atoms with E-state index in [9.17, 15) is 13.6 Å². The Hall–Kier alpha value is -2.24. The third-order valence-corrected chi connectivity index (χ3v) is 2.14. The quantitative estimate of drug-likeness (QED) is 0.867. The van der Waals surface area contributed by atoms with Gasteiger partial charge in [0.15, 0.2) is 17.5 Å². The zero-order chi connectivity index (χ0) is 12.4. The van der Waals surface area contributed by atoms with Gasteiger partial charge in [-0.3, -0.25) is 9.48 Å². The lowest BCUT2D eigenvalue weighted by Crippen LogP contribution is -2.13. The summed E-state index contributed by atoms with van der Waals surface area (Å²) in [6.07, 6.45) is 1.65. The summed E-state index contributed by atoms with van der Waals surface area (Å²) >= 11 is 0. The Morgan fingerprint density at radius 1 is 1.29 bits per heavy atom. The summed E-state index contributed by atoms with van der Waals surface area (Å²) in [6.45, 7) is 0. The summed E-state index contributed by atoms with van der Waals surface area (Å²) < 4.78 is 27.1. The minimum absolute atomic E-state index is 0.0366. The van der Waals surface area contributed by atoms with Gasteiger partial charge in [-0.05, 0) is 18.2 Å². The third kappa shape index (κ3) is 2.47. The molecule has 17 heavy (non-hydrogen) atoms. The van der Waals surface area contributed by atoms with E-state index < -0.39 is 17.5 Å². The van der Waals surface area contributed by atoms with E-state index in [1.807, 2.05) is 0 Å². The van der Waals surface area contributed by atoms with Crippen LogP contribution >= 0.6 is 0 Å². The monoisotopic (exact) mass is 237 g/mol. The second-order valence-electron chi connectivity index (χ2n) is 3.46. The molecular weight excluding hydrogens is 228 g/mol. The van der Waals surface area contributed by atoms with E-state index in [1.54, 1.807) is 19.3 Å². The normalized spacial score (nSPS) is 10.3. The molecule has 6 heteroatoms. The molecule has 88 valence electrons. The minimum Gasteiger partial charge on any atom is -0.305 e. The topological polar surface area (TPSA) is 46.9 Å². The molecular formula is C11H9F2N3O. The van der Waals surface area contributed by atoms with Gasteiger partial charge in [0.05, 0.1) is 0 Å². The number of anilines is 1. The zero-order valence-corrected chi connectivity index (χ0v) is 8.95. The standard InChI is InChI=1S/C11H9F2N3O/c1-16-5-4-10(15-16)14-11(17)7-2-3-8(12)9(13)6-7/h2-6H,1H3,(H,14,15,17). The number of hydrogen-bond acceptors (Lipinski definition) is 2. The molecule has 1 aromatic heterocycles. The molecule has 0 spiro atoms. The minimum atomic E-state index is -1.06. The highest BCUT2D eigenvalue weighted by Gasteiger charge is 2.10. The maximum Gasteiger partial charge on any atom is 0.256 e. The maximum atomic E-state index is 12.9. The van der Waals surface area contributed by atoms with E-state index in [0.717, 1.165) is 12.1 Å². The number of hydrogen-bond donors (Lipinski definition) is 1. The number of rotatable bonds is 2. The highest BCUT2D eigenvalue weighted by Crippen LogP contribution is 2.10. The molecule has 1 N–H and O–H groups in total. The van der Waals surface area contributed by atoms with Crippen LogP contribution in [0.2, 0.25) is 0 Å². The number of nitrogens with zero attached hydrogens (tertiary/aromatic N) is 2. The van der Waals surface area contributed by atoms with Crippen LogP contribution in [0.25, 0.3) is 0 Å². The Bertz CT molecular complexity index is 566. The Balaban J connectivity index is 2.17. The van der Waals surface area contributed by atoms with Crippen LogP contribution in [0.1, 0.15) is 10.4 Å². The molecule has 0 fully saturated rings. The summed E-state index contributed by atoms with van der Waals surface area (Å²) in [6, 6.07) is 4.55. The summed E-state index contributed by atoms with van der Waals surface area (Å²) in [4.78, 5) is 11.6. The first-order valence-corrected chi connectivity index (χ1v) is 4.82. The van der Waals surface area contributed by atoms with Gasteiger partial charge in [-0.25, -0.2) is 8.78 Å².